The van der Waals surface area contributed by atoms with Crippen LogP contribution in [-0.2, 0) is 11.3 Å². The van der Waals surface area contributed by atoms with Crippen LogP contribution in [0.3, 0.4) is 0 Å². The molecule has 4 rings (SSSR count). The van der Waals surface area contributed by atoms with Crippen LogP contribution in [0.5, 0.6) is 11.5 Å². The van der Waals surface area contributed by atoms with E-state index in [-0.39, 0.29) is 33.7 Å². The van der Waals surface area contributed by atoms with Gasteiger partial charge in [-0.2, -0.15) is 10.3 Å². The molecule has 38 heavy (non-hydrogen) atoms. The first-order valence-electron chi connectivity index (χ1n) is 12.2. The summed E-state index contributed by atoms with van der Waals surface area (Å²) >= 11 is 0. The predicted molar refractivity (Wildman–Crippen MR) is 142 cm³/mol. The molecule has 196 valence electrons. The average molecular weight is 516 g/mol. The normalized spacial score (nSPS) is 11.8. The SMILES string of the molecule is COc1cc(OC)cc(C(=O)N=c2c(C#N)cc3c(=O)n4cccc(C)c4nc3n2CCCOC(C)C)c1. The van der Waals surface area contributed by atoms with Crippen LogP contribution in [0.1, 0.15) is 41.8 Å². The van der Waals surface area contributed by atoms with Gasteiger partial charge in [-0.3, -0.25) is 14.0 Å². The van der Waals surface area contributed by atoms with Crippen molar-refractivity contribution in [3.05, 3.63) is 75.1 Å². The molecule has 0 radical (unpaired) electrons. The fourth-order valence-corrected chi connectivity index (χ4v) is 4.14. The van der Waals surface area contributed by atoms with Crippen molar-refractivity contribution in [3.63, 3.8) is 0 Å². The molecule has 0 aliphatic heterocycles. The lowest BCUT2D eigenvalue weighted by atomic mass is 10.2. The van der Waals surface area contributed by atoms with Crippen LogP contribution in [0.25, 0.3) is 16.7 Å². The summed E-state index contributed by atoms with van der Waals surface area (Å²) in [5.74, 6) is 0.258. The van der Waals surface area contributed by atoms with Gasteiger partial charge in [0, 0.05) is 31.0 Å². The van der Waals surface area contributed by atoms with Gasteiger partial charge in [0.05, 0.1) is 31.3 Å². The molecule has 1 amide bonds. The van der Waals surface area contributed by atoms with Gasteiger partial charge in [-0.05, 0) is 57.0 Å². The number of amides is 1. The van der Waals surface area contributed by atoms with E-state index >= 15 is 0 Å². The molecule has 1 aromatic carbocycles. The number of aromatic nitrogens is 3. The quantitative estimate of drug-likeness (QED) is 0.260. The number of carbonyl (C=O) groups is 1. The summed E-state index contributed by atoms with van der Waals surface area (Å²) < 4.78 is 19.4. The lowest BCUT2D eigenvalue weighted by Gasteiger charge is -2.15. The van der Waals surface area contributed by atoms with E-state index in [1.165, 1.54) is 24.7 Å². The molecule has 0 bridgehead atoms. The van der Waals surface area contributed by atoms with Crippen molar-refractivity contribution in [2.75, 3.05) is 20.8 Å². The van der Waals surface area contributed by atoms with Crippen LogP contribution in [0.4, 0.5) is 0 Å². The van der Waals surface area contributed by atoms with Crippen molar-refractivity contribution in [1.29, 1.82) is 5.26 Å². The Morgan fingerprint density at radius 1 is 1.13 bits per heavy atom. The number of benzene rings is 1. The van der Waals surface area contributed by atoms with Crippen LogP contribution in [-0.4, -0.2) is 46.8 Å². The minimum absolute atomic E-state index is 0.0466. The Balaban J connectivity index is 2.00. The van der Waals surface area contributed by atoms with Gasteiger partial charge in [0.1, 0.15) is 28.9 Å². The highest BCUT2D eigenvalue weighted by Crippen LogP contribution is 2.23. The maximum absolute atomic E-state index is 13.4. The summed E-state index contributed by atoms with van der Waals surface area (Å²) in [6.45, 7) is 6.51. The smallest absolute Gasteiger partial charge is 0.279 e. The Kier molecular flexibility index (Phi) is 7.88. The summed E-state index contributed by atoms with van der Waals surface area (Å²) in [4.78, 5) is 35.9. The first-order valence-corrected chi connectivity index (χ1v) is 12.2. The van der Waals surface area contributed by atoms with E-state index in [2.05, 4.69) is 11.1 Å². The fourth-order valence-electron chi connectivity index (χ4n) is 4.14. The van der Waals surface area contributed by atoms with Crippen LogP contribution in [0, 0.1) is 18.3 Å². The second-order valence-corrected chi connectivity index (χ2v) is 8.98. The molecule has 10 heteroatoms. The van der Waals surface area contributed by atoms with Crippen LogP contribution in [0.2, 0.25) is 0 Å². The van der Waals surface area contributed by atoms with Crippen LogP contribution in [0.15, 0.2) is 52.4 Å². The number of ether oxygens (including phenoxy) is 3. The molecule has 0 saturated carbocycles. The van der Waals surface area contributed by atoms with Gasteiger partial charge < -0.3 is 18.8 Å². The second kappa shape index (κ2) is 11.3. The van der Waals surface area contributed by atoms with Crippen LogP contribution >= 0.6 is 0 Å². The minimum Gasteiger partial charge on any atom is -0.497 e. The molecule has 0 fully saturated rings. The van der Waals surface area contributed by atoms with Gasteiger partial charge in [-0.15, -0.1) is 0 Å². The van der Waals surface area contributed by atoms with E-state index in [0.717, 1.165) is 5.56 Å². The van der Waals surface area contributed by atoms with E-state index in [4.69, 9.17) is 19.2 Å². The lowest BCUT2D eigenvalue weighted by molar-refractivity contribution is 0.0748. The first-order chi connectivity index (χ1) is 18.3. The monoisotopic (exact) mass is 515 g/mol. The zero-order valence-corrected chi connectivity index (χ0v) is 22.0. The average Bonchev–Trinajstić information content (AvgIpc) is 2.91. The molecule has 0 saturated heterocycles. The number of nitriles is 1. The van der Waals surface area contributed by atoms with Gasteiger partial charge in [-0.25, -0.2) is 4.98 Å². The number of pyridine rings is 2. The summed E-state index contributed by atoms with van der Waals surface area (Å²) in [6, 6.07) is 11.9. The molecule has 0 spiro atoms. The predicted octanol–water partition coefficient (Wildman–Crippen LogP) is 3.40. The number of fused-ring (bicyclic) bond motifs is 2. The Hall–Kier alpha value is -4.49. The first kappa shape index (κ1) is 26.6. The third-order valence-corrected chi connectivity index (χ3v) is 6.01. The van der Waals surface area contributed by atoms with Gasteiger partial charge in [0.25, 0.3) is 11.5 Å². The van der Waals surface area contributed by atoms with Gasteiger partial charge >= 0.3 is 0 Å². The molecule has 0 aliphatic rings. The van der Waals surface area contributed by atoms with E-state index in [1.807, 2.05) is 26.8 Å². The number of carbonyl (C=O) groups excluding carboxylic acids is 1. The molecule has 0 atom stereocenters. The maximum Gasteiger partial charge on any atom is 0.279 e. The maximum atomic E-state index is 13.4. The number of hydrogen-bond donors (Lipinski definition) is 0. The second-order valence-electron chi connectivity index (χ2n) is 8.98. The molecule has 10 nitrogen and oxygen atoms in total. The molecule has 0 unspecified atom stereocenters. The number of nitrogens with zero attached hydrogens (tertiary/aromatic N) is 5. The highest BCUT2D eigenvalue weighted by Gasteiger charge is 2.17. The minimum atomic E-state index is -0.598. The Labute approximate surface area is 219 Å². The van der Waals surface area contributed by atoms with Crippen molar-refractivity contribution >= 4 is 22.6 Å². The molecule has 3 aromatic heterocycles. The van der Waals surface area contributed by atoms with Gasteiger partial charge in [-0.1, -0.05) is 6.07 Å². The highest BCUT2D eigenvalue weighted by atomic mass is 16.5. The summed E-state index contributed by atoms with van der Waals surface area (Å²) in [5, 5.41) is 10.3. The third kappa shape index (κ3) is 5.28. The molecule has 4 aromatic rings. The number of hydrogen-bond acceptors (Lipinski definition) is 7. The van der Waals surface area contributed by atoms with E-state index < -0.39 is 5.91 Å². The van der Waals surface area contributed by atoms with Crippen molar-refractivity contribution in [2.45, 2.75) is 39.8 Å². The zero-order valence-electron chi connectivity index (χ0n) is 22.0. The molecule has 0 N–H and O–H groups in total. The number of methoxy groups -OCH3 is 2. The largest absolute Gasteiger partial charge is 0.497 e. The topological polar surface area (TPSA) is 120 Å². The standard InChI is InChI=1S/C28H29N5O5/c1-17(2)38-11-7-10-32-25(31-27(34)19-12-21(36-4)15-22(13-19)37-5)20(16-29)14-23-26(32)30-24-18(3)8-6-9-33(24)28(23)35/h6,8-9,12-15,17H,7,10-11H2,1-5H3. The van der Waals surface area contributed by atoms with Crippen molar-refractivity contribution in [2.24, 2.45) is 4.99 Å². The molecule has 0 aliphatic carbocycles. The highest BCUT2D eigenvalue weighted by molar-refractivity contribution is 5.96. The third-order valence-electron chi connectivity index (χ3n) is 6.01. The summed E-state index contributed by atoms with van der Waals surface area (Å²) in [5.41, 5.74) is 1.73. The Morgan fingerprint density at radius 2 is 1.84 bits per heavy atom. The molecule has 3 heterocycles. The van der Waals surface area contributed by atoms with Crippen molar-refractivity contribution in [3.8, 4) is 17.6 Å². The summed E-state index contributed by atoms with van der Waals surface area (Å²) in [7, 11) is 2.97. The van der Waals surface area contributed by atoms with E-state index in [9.17, 15) is 14.9 Å². The van der Waals surface area contributed by atoms with Gasteiger partial charge in [0.2, 0.25) is 0 Å². The lowest BCUT2D eigenvalue weighted by Crippen LogP contribution is -2.30. The fraction of sp³-hybridized carbons (Fsp3) is 0.321. The van der Waals surface area contributed by atoms with Crippen molar-refractivity contribution in [1.82, 2.24) is 14.0 Å². The van der Waals surface area contributed by atoms with Crippen molar-refractivity contribution < 1.29 is 19.0 Å². The summed E-state index contributed by atoms with van der Waals surface area (Å²) in [6.07, 6.45) is 2.23. The van der Waals surface area contributed by atoms with Crippen LogP contribution < -0.4 is 20.5 Å². The molecular weight excluding hydrogens is 486 g/mol. The number of rotatable bonds is 8. The number of aryl methyl sites for hydroxylation is 2. The zero-order chi connectivity index (χ0) is 27.4. The molecular formula is C28H29N5O5. The Bertz CT molecular complexity index is 1670. The van der Waals surface area contributed by atoms with E-state index in [0.29, 0.717) is 42.4 Å². The Morgan fingerprint density at radius 3 is 2.47 bits per heavy atom. The van der Waals surface area contributed by atoms with E-state index in [1.54, 1.807) is 35.0 Å². The van der Waals surface area contributed by atoms with Gasteiger partial charge in [0.15, 0.2) is 5.49 Å².